The van der Waals surface area contributed by atoms with Gasteiger partial charge in [-0.3, -0.25) is 19.2 Å². The highest BCUT2D eigenvalue weighted by Crippen LogP contribution is 2.56. The Morgan fingerprint density at radius 3 is 2.40 bits per heavy atom. The highest BCUT2D eigenvalue weighted by Gasteiger charge is 2.38. The fraction of sp³-hybridized carbons (Fsp3) is 0.200. The molecule has 10 heteroatoms. The smallest absolute Gasteiger partial charge is 0.404 e. The minimum absolute atomic E-state index is 0.00689. The topological polar surface area (TPSA) is 87.9 Å². The maximum atomic E-state index is 13.3. The molecule has 2 aromatic carbocycles. The molecular weight excluding hydrogens is 359 g/mol. The van der Waals surface area contributed by atoms with Gasteiger partial charge in [-0.1, -0.05) is 0 Å². The fourth-order valence-electron chi connectivity index (χ4n) is 2.30. The quantitative estimate of drug-likeness (QED) is 0.445. The summed E-state index contributed by atoms with van der Waals surface area (Å²) in [6.07, 6.45) is -0.640. The number of phosphoric acid groups is 1. The van der Waals surface area contributed by atoms with Gasteiger partial charge in [0.15, 0.2) is 0 Å². The molecule has 0 aliphatic carbocycles. The molecule has 2 aromatic rings. The van der Waals surface area contributed by atoms with Crippen LogP contribution in [0.25, 0.3) is 0 Å². The molecule has 1 aliphatic rings. The molecule has 0 N–H and O–H groups in total. The van der Waals surface area contributed by atoms with Crippen LogP contribution in [0.4, 0.5) is 14.5 Å². The number of benzene rings is 2. The van der Waals surface area contributed by atoms with Gasteiger partial charge in [-0.2, -0.15) is 0 Å². The molecule has 0 bridgehead atoms. The lowest BCUT2D eigenvalue weighted by Gasteiger charge is -2.29. The fourth-order valence-corrected chi connectivity index (χ4v) is 3.71. The summed E-state index contributed by atoms with van der Waals surface area (Å²) < 4.78 is 54.8. The van der Waals surface area contributed by atoms with Crippen LogP contribution in [0.1, 0.15) is 18.1 Å². The van der Waals surface area contributed by atoms with E-state index in [1.807, 2.05) is 0 Å². The molecule has 2 atom stereocenters. The maximum Gasteiger partial charge on any atom is 0.530 e. The summed E-state index contributed by atoms with van der Waals surface area (Å²) in [4.78, 5) is 10.0. The molecule has 1 heterocycles. The SMILES string of the molecule is O=[N+]([O-])c1ccc(O[P@]2(=O)OCC[C@@H](c3cc(F)cc(F)c3)O2)cc1. The van der Waals surface area contributed by atoms with Crippen LogP contribution in [0.15, 0.2) is 42.5 Å². The van der Waals surface area contributed by atoms with E-state index in [0.29, 0.717) is 0 Å². The molecule has 3 rings (SSSR count). The summed E-state index contributed by atoms with van der Waals surface area (Å²) in [5, 5.41) is 10.6. The monoisotopic (exact) mass is 371 g/mol. The summed E-state index contributed by atoms with van der Waals surface area (Å²) in [7, 11) is -4.04. The van der Waals surface area contributed by atoms with Crippen LogP contribution in [0.5, 0.6) is 5.75 Å². The average Bonchev–Trinajstić information content (AvgIpc) is 2.54. The first-order chi connectivity index (χ1) is 11.8. The minimum Gasteiger partial charge on any atom is -0.404 e. The van der Waals surface area contributed by atoms with E-state index in [4.69, 9.17) is 13.6 Å². The van der Waals surface area contributed by atoms with Gasteiger partial charge in [0.1, 0.15) is 17.4 Å². The summed E-state index contributed by atoms with van der Waals surface area (Å²) in [6.45, 7) is -0.00689. The van der Waals surface area contributed by atoms with Crippen molar-refractivity contribution >= 4 is 13.5 Å². The molecule has 1 saturated heterocycles. The molecular formula is C15H12F2NO6P. The van der Waals surface area contributed by atoms with Crippen LogP contribution in [-0.4, -0.2) is 11.5 Å². The second-order valence-corrected chi connectivity index (χ2v) is 6.75. The van der Waals surface area contributed by atoms with E-state index in [1.54, 1.807) is 0 Å². The van der Waals surface area contributed by atoms with Crippen LogP contribution in [0.2, 0.25) is 0 Å². The molecule has 0 amide bonds. The summed E-state index contributed by atoms with van der Waals surface area (Å²) in [5.74, 6) is -1.52. The van der Waals surface area contributed by atoms with E-state index in [0.717, 1.165) is 18.2 Å². The second-order valence-electron chi connectivity index (χ2n) is 5.21. The van der Waals surface area contributed by atoms with Crippen molar-refractivity contribution < 1.29 is 31.8 Å². The molecule has 25 heavy (non-hydrogen) atoms. The van der Waals surface area contributed by atoms with Crippen LogP contribution in [-0.2, 0) is 13.6 Å². The molecule has 7 nitrogen and oxygen atoms in total. The van der Waals surface area contributed by atoms with Crippen molar-refractivity contribution in [2.45, 2.75) is 12.5 Å². The van der Waals surface area contributed by atoms with Gasteiger partial charge in [0.05, 0.1) is 17.6 Å². The van der Waals surface area contributed by atoms with E-state index in [9.17, 15) is 23.5 Å². The highest BCUT2D eigenvalue weighted by molar-refractivity contribution is 7.49. The number of phosphoric ester groups is 1. The van der Waals surface area contributed by atoms with Gasteiger partial charge in [0.25, 0.3) is 5.69 Å². The largest absolute Gasteiger partial charge is 0.530 e. The van der Waals surface area contributed by atoms with Crippen LogP contribution in [0.3, 0.4) is 0 Å². The number of nitro benzene ring substituents is 1. The van der Waals surface area contributed by atoms with Gasteiger partial charge in [0, 0.05) is 24.6 Å². The Hall–Kier alpha value is -2.35. The second kappa shape index (κ2) is 6.87. The predicted molar refractivity (Wildman–Crippen MR) is 82.1 cm³/mol. The summed E-state index contributed by atoms with van der Waals surface area (Å²) in [5.41, 5.74) is 0.0116. The number of rotatable bonds is 4. The van der Waals surface area contributed by atoms with Crippen LogP contribution in [0, 0.1) is 21.7 Å². The maximum absolute atomic E-state index is 13.3. The predicted octanol–water partition coefficient (Wildman–Crippen LogP) is 4.54. The zero-order valence-corrected chi connectivity index (χ0v) is 13.5. The molecule has 1 fully saturated rings. The highest BCUT2D eigenvalue weighted by atomic mass is 31.2. The van der Waals surface area contributed by atoms with Gasteiger partial charge in [-0.25, -0.2) is 13.3 Å². The summed E-state index contributed by atoms with van der Waals surface area (Å²) in [6, 6.07) is 7.71. The van der Waals surface area contributed by atoms with Gasteiger partial charge in [-0.15, -0.1) is 0 Å². The van der Waals surface area contributed by atoms with Crippen molar-refractivity contribution in [1.29, 1.82) is 0 Å². The Morgan fingerprint density at radius 2 is 1.80 bits per heavy atom. The number of hydrogen-bond donors (Lipinski definition) is 0. The number of hydrogen-bond acceptors (Lipinski definition) is 6. The van der Waals surface area contributed by atoms with Crippen molar-refractivity contribution in [2.24, 2.45) is 0 Å². The van der Waals surface area contributed by atoms with E-state index < -0.39 is 30.5 Å². The van der Waals surface area contributed by atoms with Gasteiger partial charge >= 0.3 is 7.82 Å². The lowest BCUT2D eigenvalue weighted by molar-refractivity contribution is -0.384. The average molecular weight is 371 g/mol. The Balaban J connectivity index is 1.77. The van der Waals surface area contributed by atoms with Crippen molar-refractivity contribution in [3.05, 3.63) is 69.8 Å². The van der Waals surface area contributed by atoms with Crippen molar-refractivity contribution in [3.8, 4) is 5.75 Å². The Labute approximate surface area is 140 Å². The number of nitrogens with zero attached hydrogens (tertiary/aromatic N) is 1. The summed E-state index contributed by atoms with van der Waals surface area (Å²) >= 11 is 0. The van der Waals surface area contributed by atoms with E-state index in [1.165, 1.54) is 24.3 Å². The van der Waals surface area contributed by atoms with Gasteiger partial charge in [0.2, 0.25) is 0 Å². The lowest BCUT2D eigenvalue weighted by atomic mass is 10.1. The van der Waals surface area contributed by atoms with E-state index in [2.05, 4.69) is 0 Å². The molecule has 0 aromatic heterocycles. The number of nitro groups is 1. The third kappa shape index (κ3) is 4.19. The first kappa shape index (κ1) is 17.5. The molecule has 0 unspecified atom stereocenters. The molecule has 0 saturated carbocycles. The lowest BCUT2D eigenvalue weighted by Crippen LogP contribution is -2.17. The zero-order valence-electron chi connectivity index (χ0n) is 12.6. The van der Waals surface area contributed by atoms with Crippen LogP contribution >= 0.6 is 7.82 Å². The third-order valence-corrected chi connectivity index (χ3v) is 4.85. The standard InChI is InChI=1S/C15H12F2NO6P/c16-11-7-10(8-12(17)9-11)15-5-6-22-25(21,24-15)23-14-3-1-13(2-4-14)18(19)20/h1-4,7-9,15H,5-6H2/t15-,25-/m0/s1. The first-order valence-electron chi connectivity index (χ1n) is 7.18. The van der Waals surface area contributed by atoms with Crippen LogP contribution < -0.4 is 4.52 Å². The normalized spacial score (nSPS) is 23.2. The van der Waals surface area contributed by atoms with Crippen molar-refractivity contribution in [1.82, 2.24) is 0 Å². The van der Waals surface area contributed by atoms with Crippen molar-refractivity contribution in [2.75, 3.05) is 6.61 Å². The Kier molecular flexibility index (Phi) is 4.80. The number of non-ortho nitro benzene ring substituents is 1. The first-order valence-corrected chi connectivity index (χ1v) is 8.64. The van der Waals surface area contributed by atoms with E-state index >= 15 is 0 Å². The molecule has 1 aliphatic heterocycles. The van der Waals surface area contributed by atoms with Gasteiger partial charge in [-0.05, 0) is 29.8 Å². The Morgan fingerprint density at radius 1 is 1.16 bits per heavy atom. The molecule has 132 valence electrons. The Bertz CT molecular complexity index is 824. The number of halogens is 2. The van der Waals surface area contributed by atoms with E-state index in [-0.39, 0.29) is 30.0 Å². The third-order valence-electron chi connectivity index (χ3n) is 3.41. The zero-order chi connectivity index (χ0) is 18.0. The minimum atomic E-state index is -4.04. The molecule has 0 spiro atoms. The molecule has 0 radical (unpaired) electrons. The van der Waals surface area contributed by atoms with Gasteiger partial charge < -0.3 is 4.52 Å². The van der Waals surface area contributed by atoms with Crippen molar-refractivity contribution in [3.63, 3.8) is 0 Å².